The topological polar surface area (TPSA) is 78.9 Å². The molecule has 0 saturated heterocycles. The second-order valence-corrected chi connectivity index (χ2v) is 3.19. The van der Waals surface area contributed by atoms with Gasteiger partial charge in [-0.2, -0.15) is 0 Å². The van der Waals surface area contributed by atoms with Gasteiger partial charge in [-0.1, -0.05) is 11.8 Å². The number of esters is 3. The first-order valence-electron chi connectivity index (χ1n) is 5.42. The van der Waals surface area contributed by atoms with Crippen LogP contribution in [0.15, 0.2) is 0 Å². The highest BCUT2D eigenvalue weighted by atomic mass is 16.6. The summed E-state index contributed by atoms with van der Waals surface area (Å²) in [7, 11) is 0. The van der Waals surface area contributed by atoms with Crippen molar-refractivity contribution in [2.75, 3.05) is 19.8 Å². The van der Waals surface area contributed by atoms with Gasteiger partial charge in [0.05, 0.1) is 13.0 Å². The first-order chi connectivity index (χ1) is 9.06. The molecule has 0 atom stereocenters. The second-order valence-electron chi connectivity index (χ2n) is 3.19. The van der Waals surface area contributed by atoms with E-state index in [1.54, 1.807) is 6.92 Å². The van der Waals surface area contributed by atoms with Crippen LogP contribution in [-0.2, 0) is 28.6 Å². The van der Waals surface area contributed by atoms with Crippen molar-refractivity contribution in [3.63, 3.8) is 0 Å². The van der Waals surface area contributed by atoms with E-state index in [9.17, 15) is 14.4 Å². The van der Waals surface area contributed by atoms with Gasteiger partial charge in [-0.25, -0.2) is 0 Å². The highest BCUT2D eigenvalue weighted by molar-refractivity contribution is 5.98. The van der Waals surface area contributed by atoms with Gasteiger partial charge in [0.2, 0.25) is 0 Å². The summed E-state index contributed by atoms with van der Waals surface area (Å²) in [6.45, 7) is 1.12. The average molecular weight is 266 g/mol. The van der Waals surface area contributed by atoms with Crippen LogP contribution in [0.4, 0.5) is 0 Å². The Morgan fingerprint density at radius 1 is 1.00 bits per heavy atom. The number of carbonyl (C=O) groups excluding carboxylic acids is 3. The van der Waals surface area contributed by atoms with Crippen LogP contribution in [0.25, 0.3) is 0 Å². The highest BCUT2D eigenvalue weighted by Gasteiger charge is 2.32. The molecule has 0 bridgehead atoms. The minimum Gasteiger partial charge on any atom is -0.466 e. The molecular formula is C13H14O6. The van der Waals surface area contributed by atoms with Crippen LogP contribution in [-0.4, -0.2) is 37.7 Å². The molecule has 0 radical (unpaired) electrons. The monoisotopic (exact) mass is 266 g/mol. The molecule has 19 heavy (non-hydrogen) atoms. The molecule has 0 aromatic carbocycles. The third-order valence-corrected chi connectivity index (χ3v) is 1.84. The van der Waals surface area contributed by atoms with Crippen LogP contribution in [0, 0.1) is 30.6 Å². The fourth-order valence-electron chi connectivity index (χ4n) is 1.08. The molecule has 0 aromatic heterocycles. The number of carbonyl (C=O) groups is 3. The van der Waals surface area contributed by atoms with E-state index in [0.29, 0.717) is 0 Å². The quantitative estimate of drug-likeness (QED) is 0.277. The van der Waals surface area contributed by atoms with Crippen LogP contribution < -0.4 is 0 Å². The van der Waals surface area contributed by atoms with Gasteiger partial charge in [0, 0.05) is 0 Å². The van der Waals surface area contributed by atoms with Gasteiger partial charge in [-0.05, 0) is 6.92 Å². The van der Waals surface area contributed by atoms with Crippen molar-refractivity contribution in [2.24, 2.45) is 5.92 Å². The number of rotatable bonds is 7. The van der Waals surface area contributed by atoms with Crippen LogP contribution >= 0.6 is 0 Å². The van der Waals surface area contributed by atoms with Gasteiger partial charge in [0.15, 0.2) is 19.1 Å². The summed E-state index contributed by atoms with van der Waals surface area (Å²) in [6.07, 6.45) is 9.36. The number of hydrogen-bond donors (Lipinski definition) is 0. The van der Waals surface area contributed by atoms with E-state index in [-0.39, 0.29) is 19.8 Å². The maximum atomic E-state index is 11.6. The summed E-state index contributed by atoms with van der Waals surface area (Å²) in [6, 6.07) is 0. The van der Waals surface area contributed by atoms with Crippen molar-refractivity contribution in [3.8, 4) is 24.7 Å². The van der Waals surface area contributed by atoms with E-state index in [1.165, 1.54) is 0 Å². The summed E-state index contributed by atoms with van der Waals surface area (Å²) in [4.78, 5) is 34.4. The minimum absolute atomic E-state index is 0.129. The van der Waals surface area contributed by atoms with E-state index >= 15 is 0 Å². The zero-order valence-corrected chi connectivity index (χ0v) is 10.5. The molecular weight excluding hydrogens is 252 g/mol. The maximum absolute atomic E-state index is 11.6. The Balaban J connectivity index is 4.68. The Kier molecular flexibility index (Phi) is 8.31. The number of hydrogen-bond acceptors (Lipinski definition) is 6. The largest absolute Gasteiger partial charge is 0.466 e. The van der Waals surface area contributed by atoms with Gasteiger partial charge in [-0.15, -0.1) is 12.8 Å². The van der Waals surface area contributed by atoms with E-state index in [1.807, 2.05) is 0 Å². The minimum atomic E-state index is -1.43. The molecule has 0 aliphatic rings. The molecule has 0 aliphatic carbocycles. The van der Waals surface area contributed by atoms with E-state index in [4.69, 9.17) is 12.8 Å². The molecule has 0 aromatic rings. The predicted octanol–water partition coefficient (Wildman–Crippen LogP) is -0.0914. The summed E-state index contributed by atoms with van der Waals surface area (Å²) in [5.41, 5.74) is 0. The summed E-state index contributed by atoms with van der Waals surface area (Å²) < 4.78 is 13.8. The highest BCUT2D eigenvalue weighted by Crippen LogP contribution is 2.10. The lowest BCUT2D eigenvalue weighted by Gasteiger charge is -2.12. The van der Waals surface area contributed by atoms with E-state index in [0.717, 1.165) is 0 Å². The molecule has 0 N–H and O–H groups in total. The molecule has 0 fully saturated rings. The smallest absolute Gasteiger partial charge is 0.321 e. The molecule has 0 amide bonds. The fourth-order valence-corrected chi connectivity index (χ4v) is 1.08. The zero-order chi connectivity index (χ0) is 14.7. The van der Waals surface area contributed by atoms with Gasteiger partial charge in [0.1, 0.15) is 0 Å². The van der Waals surface area contributed by atoms with Crippen LogP contribution in [0.1, 0.15) is 13.3 Å². The number of ether oxygens (including phenoxy) is 3. The summed E-state index contributed by atoms with van der Waals surface area (Å²) in [5, 5.41) is 0. The van der Waals surface area contributed by atoms with Crippen LogP contribution in [0.2, 0.25) is 0 Å². The summed E-state index contributed by atoms with van der Waals surface area (Å²) >= 11 is 0. The normalized spacial score (nSPS) is 9.05. The van der Waals surface area contributed by atoms with E-state index < -0.39 is 30.2 Å². The Morgan fingerprint density at radius 3 is 1.84 bits per heavy atom. The van der Waals surface area contributed by atoms with Crippen molar-refractivity contribution in [1.29, 1.82) is 0 Å². The van der Waals surface area contributed by atoms with Crippen molar-refractivity contribution >= 4 is 17.9 Å². The van der Waals surface area contributed by atoms with Crippen molar-refractivity contribution in [1.82, 2.24) is 0 Å². The van der Waals surface area contributed by atoms with Gasteiger partial charge < -0.3 is 14.2 Å². The second kappa shape index (κ2) is 9.55. The lowest BCUT2D eigenvalue weighted by Crippen LogP contribution is -2.31. The van der Waals surface area contributed by atoms with Gasteiger partial charge in [-0.3, -0.25) is 14.4 Å². The average Bonchev–Trinajstić information content (AvgIpc) is 2.39. The first kappa shape index (κ1) is 16.5. The Hall–Kier alpha value is -2.47. The summed E-state index contributed by atoms with van der Waals surface area (Å²) in [5.74, 6) is 0.0894. The molecule has 0 unspecified atom stereocenters. The van der Waals surface area contributed by atoms with E-state index in [2.05, 4.69) is 26.1 Å². The lowest BCUT2D eigenvalue weighted by molar-refractivity contribution is -0.165. The Labute approximate surface area is 111 Å². The Bertz CT molecular complexity index is 382. The molecule has 6 heteroatoms. The van der Waals surface area contributed by atoms with Crippen molar-refractivity contribution < 1.29 is 28.6 Å². The lowest BCUT2D eigenvalue weighted by atomic mass is 10.1. The Morgan fingerprint density at radius 2 is 1.47 bits per heavy atom. The van der Waals surface area contributed by atoms with Crippen molar-refractivity contribution in [2.45, 2.75) is 13.3 Å². The van der Waals surface area contributed by atoms with Gasteiger partial charge >= 0.3 is 17.9 Å². The van der Waals surface area contributed by atoms with Crippen molar-refractivity contribution in [3.05, 3.63) is 0 Å². The first-order valence-corrected chi connectivity index (χ1v) is 5.42. The SMILES string of the molecule is C#CCOC(=O)C(CC(=O)OCC)C(=O)OCC#C. The molecule has 0 heterocycles. The third kappa shape index (κ3) is 6.75. The molecule has 0 rings (SSSR count). The van der Waals surface area contributed by atoms with Crippen LogP contribution in [0.5, 0.6) is 0 Å². The molecule has 0 saturated carbocycles. The van der Waals surface area contributed by atoms with Gasteiger partial charge in [0.25, 0.3) is 0 Å². The molecule has 0 aliphatic heterocycles. The third-order valence-electron chi connectivity index (χ3n) is 1.84. The number of terminal acetylenes is 2. The zero-order valence-electron chi connectivity index (χ0n) is 10.5. The maximum Gasteiger partial charge on any atom is 0.321 e. The molecule has 6 nitrogen and oxygen atoms in total. The predicted molar refractivity (Wildman–Crippen MR) is 64.3 cm³/mol. The molecule has 102 valence electrons. The van der Waals surface area contributed by atoms with Crippen LogP contribution in [0.3, 0.4) is 0 Å². The standard InChI is InChI=1S/C13H14O6/c1-4-7-18-12(15)10(9-11(14)17-6-3)13(16)19-8-5-2/h1-2,10H,6-9H2,3H3. The fraction of sp³-hybridized carbons (Fsp3) is 0.462. The molecule has 0 spiro atoms.